The van der Waals surface area contributed by atoms with E-state index in [1.807, 2.05) is 38.2 Å². The molecule has 1 saturated heterocycles. The predicted octanol–water partition coefficient (Wildman–Crippen LogP) is 3.79. The Hall–Kier alpha value is -7.32. The summed E-state index contributed by atoms with van der Waals surface area (Å²) in [6.45, 7) is 11.1. The number of primary amides is 2. The van der Waals surface area contributed by atoms with Crippen molar-refractivity contribution in [2.24, 2.45) is 11.5 Å². The molecule has 64 heavy (non-hydrogen) atoms. The number of amides is 4. The minimum atomic E-state index is -0.681. The first-order chi connectivity index (χ1) is 30.8. The number of ether oxygens (including phenoxy) is 2. The van der Waals surface area contributed by atoms with E-state index >= 15 is 0 Å². The Balaban J connectivity index is 1.24. The van der Waals surface area contributed by atoms with Crippen molar-refractivity contribution >= 4 is 57.6 Å². The van der Waals surface area contributed by atoms with Crippen LogP contribution in [0.5, 0.6) is 11.5 Å². The summed E-state index contributed by atoms with van der Waals surface area (Å²) in [5.41, 5.74) is 15.5. The van der Waals surface area contributed by atoms with E-state index in [0.717, 1.165) is 25.9 Å². The van der Waals surface area contributed by atoms with Gasteiger partial charge in [-0.25, -0.2) is 9.97 Å². The number of hydrogen-bond acceptors (Lipinski definition) is 12. The number of nitrogens with one attached hydrogen (secondary N) is 2. The van der Waals surface area contributed by atoms with Gasteiger partial charge in [0.15, 0.2) is 0 Å². The van der Waals surface area contributed by atoms with Gasteiger partial charge in [0.25, 0.3) is 11.8 Å². The van der Waals surface area contributed by atoms with Crippen molar-refractivity contribution in [1.82, 2.24) is 43.6 Å². The lowest BCUT2D eigenvalue weighted by Crippen LogP contribution is -2.35. The first-order valence-corrected chi connectivity index (χ1v) is 21.0. The van der Waals surface area contributed by atoms with Gasteiger partial charge < -0.3 is 35.2 Å². The molecule has 7 rings (SSSR count). The first kappa shape index (κ1) is 44.7. The number of aliphatic hydroxyl groups is 1. The standard InChI is InChI=1S/C44H53N13O7/c1-6-56-33(20-26(3)51-56)41(61)49-43-47-31-22-28(39(45)59)24-35(63-5)37(31)54(43)15-8-9-16-55-38-32(48-44(55)50-42(62)34-21-27(4)52-57(34)7-2)23-29(40(46)60)25-36(38)64-19-11-10-14-53-17-12-30(58)13-18-53/h8-11,20-25,30,58H,6-7,12-19H2,1-5H3,(H2,45,59)(H2,46,60)(H,47,49,61)(H,48,50,62)/b9-8+,11-10+. The molecule has 336 valence electrons. The number of imidazole rings is 2. The molecule has 2 aromatic carbocycles. The monoisotopic (exact) mass is 875 g/mol. The second-order valence-corrected chi connectivity index (χ2v) is 15.4. The van der Waals surface area contributed by atoms with Gasteiger partial charge in [0, 0.05) is 56.9 Å². The predicted molar refractivity (Wildman–Crippen MR) is 240 cm³/mol. The number of allylic oxidation sites excluding steroid dienone is 2. The molecule has 20 nitrogen and oxygen atoms in total. The van der Waals surface area contributed by atoms with Crippen molar-refractivity contribution < 1.29 is 33.8 Å². The minimum absolute atomic E-state index is 0.146. The van der Waals surface area contributed by atoms with Crippen molar-refractivity contribution in [3.05, 3.63) is 94.6 Å². The summed E-state index contributed by atoms with van der Waals surface area (Å²) in [5.74, 6) is -1.26. The summed E-state index contributed by atoms with van der Waals surface area (Å²) in [6, 6.07) is 9.52. The summed E-state index contributed by atoms with van der Waals surface area (Å²) >= 11 is 0. The number of aliphatic hydroxyl groups excluding tert-OH is 1. The van der Waals surface area contributed by atoms with Crippen molar-refractivity contribution in [2.45, 2.75) is 72.8 Å². The van der Waals surface area contributed by atoms with Gasteiger partial charge in [0.05, 0.1) is 35.6 Å². The van der Waals surface area contributed by atoms with Gasteiger partial charge in [-0.1, -0.05) is 24.3 Å². The molecule has 4 amide bonds. The molecule has 1 fully saturated rings. The van der Waals surface area contributed by atoms with Crippen LogP contribution >= 0.6 is 0 Å². The average Bonchev–Trinajstić information content (AvgIpc) is 4.04. The van der Waals surface area contributed by atoms with Crippen LogP contribution in [-0.4, -0.2) is 112 Å². The van der Waals surface area contributed by atoms with Crippen LogP contribution in [0, 0.1) is 13.8 Å². The van der Waals surface area contributed by atoms with Crippen LogP contribution in [0.2, 0.25) is 0 Å². The maximum atomic E-state index is 13.8. The van der Waals surface area contributed by atoms with Crippen LogP contribution in [0.15, 0.2) is 60.7 Å². The number of rotatable bonds is 18. The highest BCUT2D eigenvalue weighted by Gasteiger charge is 2.24. The summed E-state index contributed by atoms with van der Waals surface area (Å²) in [4.78, 5) is 64.0. The van der Waals surface area contributed by atoms with E-state index in [0.29, 0.717) is 76.0 Å². The maximum absolute atomic E-state index is 13.8. The molecular weight excluding hydrogens is 823 g/mol. The lowest BCUT2D eigenvalue weighted by molar-refractivity contribution is 0.0879. The molecule has 0 saturated carbocycles. The summed E-state index contributed by atoms with van der Waals surface area (Å²) in [6.07, 6.45) is 8.76. The number of aryl methyl sites for hydroxylation is 4. The zero-order valence-corrected chi connectivity index (χ0v) is 36.5. The van der Waals surface area contributed by atoms with Gasteiger partial charge >= 0.3 is 0 Å². The number of nitrogens with two attached hydrogens (primary N) is 2. The molecule has 1 aliphatic rings. The highest BCUT2D eigenvalue weighted by molar-refractivity contribution is 6.05. The molecule has 0 radical (unpaired) electrons. The summed E-state index contributed by atoms with van der Waals surface area (Å²) < 4.78 is 18.7. The number of benzene rings is 2. The second-order valence-electron chi connectivity index (χ2n) is 15.4. The van der Waals surface area contributed by atoms with Crippen LogP contribution in [0.3, 0.4) is 0 Å². The SMILES string of the molecule is CCn1nc(C)cc1C(=O)Nc1nc2cc(C(N)=O)cc(OC)c2n1C/C=C/Cn1c(NC(=O)c2cc(C)nn2CC)nc2cc(C(N)=O)cc(OC/C=C/CN3CCC(O)CC3)c21. The average molecular weight is 876 g/mol. The van der Waals surface area contributed by atoms with Crippen LogP contribution in [-0.2, 0) is 26.2 Å². The first-order valence-electron chi connectivity index (χ1n) is 21.0. The quantitative estimate of drug-likeness (QED) is 0.0773. The van der Waals surface area contributed by atoms with Gasteiger partial charge in [-0.15, -0.1) is 0 Å². The molecule has 6 aromatic rings. The van der Waals surface area contributed by atoms with Crippen LogP contribution in [0.1, 0.15) is 79.8 Å². The number of methoxy groups -OCH3 is 1. The second kappa shape index (κ2) is 19.4. The van der Waals surface area contributed by atoms with Crippen molar-refractivity contribution in [3.63, 3.8) is 0 Å². The topological polar surface area (TPSA) is 258 Å². The third-order valence-corrected chi connectivity index (χ3v) is 10.9. The number of piperidine rings is 1. The molecule has 5 heterocycles. The molecule has 0 bridgehead atoms. The largest absolute Gasteiger partial charge is 0.494 e. The van der Waals surface area contributed by atoms with E-state index in [1.165, 1.54) is 19.2 Å². The highest BCUT2D eigenvalue weighted by Crippen LogP contribution is 2.33. The molecule has 0 aliphatic carbocycles. The van der Waals surface area contributed by atoms with E-state index in [2.05, 4.69) is 25.7 Å². The zero-order chi connectivity index (χ0) is 45.7. The number of anilines is 2. The number of carbonyl (C=O) groups is 4. The molecule has 7 N–H and O–H groups in total. The molecular formula is C44H53N13O7. The third kappa shape index (κ3) is 9.67. The number of likely N-dealkylation sites (tertiary alicyclic amines) is 1. The van der Waals surface area contributed by atoms with Crippen molar-refractivity contribution in [2.75, 3.05) is 44.0 Å². The Labute approximate surface area is 368 Å². The highest BCUT2D eigenvalue weighted by atomic mass is 16.5. The number of fused-ring (bicyclic) bond motifs is 2. The minimum Gasteiger partial charge on any atom is -0.494 e. The fourth-order valence-electron chi connectivity index (χ4n) is 7.72. The van der Waals surface area contributed by atoms with Gasteiger partial charge in [0.1, 0.15) is 40.5 Å². The van der Waals surface area contributed by atoms with E-state index in [-0.39, 0.29) is 48.8 Å². The molecule has 4 aromatic heterocycles. The summed E-state index contributed by atoms with van der Waals surface area (Å²) in [7, 11) is 1.46. The van der Waals surface area contributed by atoms with E-state index < -0.39 is 23.6 Å². The van der Waals surface area contributed by atoms with E-state index in [9.17, 15) is 24.3 Å². The Morgan fingerprint density at radius 1 is 0.719 bits per heavy atom. The van der Waals surface area contributed by atoms with Crippen molar-refractivity contribution in [3.8, 4) is 11.5 Å². The normalized spacial score (nSPS) is 13.7. The fraction of sp³-hybridized carbons (Fsp3) is 0.364. The Morgan fingerprint density at radius 3 is 1.66 bits per heavy atom. The molecule has 0 atom stereocenters. The van der Waals surface area contributed by atoms with Crippen LogP contribution in [0.4, 0.5) is 11.9 Å². The Kier molecular flexibility index (Phi) is 13.5. The number of carbonyl (C=O) groups excluding carboxylic acids is 4. The molecule has 20 heteroatoms. The number of hydrogen-bond donors (Lipinski definition) is 5. The van der Waals surface area contributed by atoms with E-state index in [1.54, 1.807) is 56.6 Å². The lowest BCUT2D eigenvalue weighted by atomic mass is 10.1. The number of nitrogens with zero attached hydrogens (tertiary/aromatic N) is 9. The Bertz CT molecular complexity index is 2790. The smallest absolute Gasteiger partial charge is 0.276 e. The van der Waals surface area contributed by atoms with Crippen LogP contribution < -0.4 is 31.6 Å². The van der Waals surface area contributed by atoms with Gasteiger partial charge in [-0.3, -0.25) is 44.1 Å². The maximum Gasteiger partial charge on any atom is 0.276 e. The fourth-order valence-corrected chi connectivity index (χ4v) is 7.72. The van der Waals surface area contributed by atoms with E-state index in [4.69, 9.17) is 30.9 Å². The van der Waals surface area contributed by atoms with Gasteiger partial charge in [0.2, 0.25) is 23.7 Å². The number of aromatic nitrogens is 8. The lowest BCUT2D eigenvalue weighted by Gasteiger charge is -2.28. The third-order valence-electron chi connectivity index (χ3n) is 10.9. The van der Waals surface area contributed by atoms with Crippen molar-refractivity contribution in [1.29, 1.82) is 0 Å². The van der Waals surface area contributed by atoms with Crippen LogP contribution in [0.25, 0.3) is 22.1 Å². The van der Waals surface area contributed by atoms with Gasteiger partial charge in [-0.05, 0) is 76.9 Å². The molecule has 0 spiro atoms. The summed E-state index contributed by atoms with van der Waals surface area (Å²) in [5, 5.41) is 24.6. The molecule has 0 unspecified atom stereocenters. The molecule has 1 aliphatic heterocycles. The zero-order valence-electron chi connectivity index (χ0n) is 36.5. The van der Waals surface area contributed by atoms with Gasteiger partial charge in [-0.2, -0.15) is 10.2 Å². The Morgan fingerprint density at radius 2 is 1.19 bits per heavy atom.